The highest BCUT2D eigenvalue weighted by atomic mass is 32.2. The minimum Gasteiger partial charge on any atom is -0.316 e. The van der Waals surface area contributed by atoms with Crippen LogP contribution in [-0.4, -0.2) is 20.3 Å². The van der Waals surface area contributed by atoms with E-state index >= 15 is 0 Å². The van der Waals surface area contributed by atoms with E-state index in [2.05, 4.69) is 22.5 Å². The molecule has 2 aromatic heterocycles. The highest BCUT2D eigenvalue weighted by Crippen LogP contribution is 2.38. The molecule has 0 spiro atoms. The van der Waals surface area contributed by atoms with Gasteiger partial charge >= 0.3 is 0 Å². The maximum absolute atomic E-state index is 13.2. The van der Waals surface area contributed by atoms with E-state index in [9.17, 15) is 4.39 Å². The molecule has 0 fully saturated rings. The molecule has 0 N–H and O–H groups in total. The summed E-state index contributed by atoms with van der Waals surface area (Å²) in [6.45, 7) is 2.98. The number of hydrogen-bond acceptors (Lipinski definition) is 3. The van der Waals surface area contributed by atoms with Gasteiger partial charge in [-0.2, -0.15) is 0 Å². The Kier molecular flexibility index (Phi) is 3.22. The smallest absolute Gasteiger partial charge is 0.169 e. The van der Waals surface area contributed by atoms with Crippen LogP contribution in [0.3, 0.4) is 0 Å². The van der Waals surface area contributed by atoms with Crippen molar-refractivity contribution in [2.24, 2.45) is 0 Å². The van der Waals surface area contributed by atoms with Gasteiger partial charge in [0.25, 0.3) is 0 Å². The van der Waals surface area contributed by atoms with Crippen molar-refractivity contribution in [3.63, 3.8) is 0 Å². The number of halogens is 1. The molecule has 0 amide bonds. The van der Waals surface area contributed by atoms with Gasteiger partial charge in [-0.1, -0.05) is 11.8 Å². The van der Waals surface area contributed by atoms with Crippen LogP contribution in [-0.2, 0) is 6.54 Å². The summed E-state index contributed by atoms with van der Waals surface area (Å²) < 4.78 is 15.4. The average Bonchev–Trinajstić information content (AvgIpc) is 3.08. The summed E-state index contributed by atoms with van der Waals surface area (Å²) in [5, 5.41) is 1.01. The lowest BCUT2D eigenvalue weighted by molar-refractivity contribution is 0.628. The highest BCUT2D eigenvalue weighted by molar-refractivity contribution is 7.99. The molecule has 3 nitrogen and oxygen atoms in total. The first-order chi connectivity index (χ1) is 10.7. The Morgan fingerprint density at radius 2 is 2.00 bits per heavy atom. The number of imidazole rings is 1. The molecule has 0 bridgehead atoms. The van der Waals surface area contributed by atoms with Crippen LogP contribution < -0.4 is 0 Å². The third-order valence-corrected chi connectivity index (χ3v) is 4.71. The second kappa shape index (κ2) is 5.25. The van der Waals surface area contributed by atoms with Crippen LogP contribution in [0.1, 0.15) is 5.56 Å². The largest absolute Gasteiger partial charge is 0.316 e. The average molecular weight is 311 g/mol. The van der Waals surface area contributed by atoms with Gasteiger partial charge in [-0.15, -0.1) is 0 Å². The van der Waals surface area contributed by atoms with Gasteiger partial charge in [0.2, 0.25) is 0 Å². The normalized spacial score (nSPS) is 13.4. The fourth-order valence-electron chi connectivity index (χ4n) is 2.71. The van der Waals surface area contributed by atoms with Gasteiger partial charge in [0.05, 0.1) is 17.1 Å². The lowest BCUT2D eigenvalue weighted by Crippen LogP contribution is -1.99. The molecule has 0 unspecified atom stereocenters. The Morgan fingerprint density at radius 3 is 2.77 bits per heavy atom. The molecule has 3 aromatic rings. The van der Waals surface area contributed by atoms with Gasteiger partial charge in [-0.3, -0.25) is 4.98 Å². The van der Waals surface area contributed by atoms with E-state index in [1.165, 1.54) is 12.1 Å². The predicted octanol–water partition coefficient (Wildman–Crippen LogP) is 4.17. The van der Waals surface area contributed by atoms with Crippen LogP contribution in [0.25, 0.3) is 22.6 Å². The van der Waals surface area contributed by atoms with E-state index in [1.807, 2.05) is 12.3 Å². The zero-order valence-corrected chi connectivity index (χ0v) is 12.9. The van der Waals surface area contributed by atoms with Gasteiger partial charge in [0, 0.05) is 24.1 Å². The molecule has 0 saturated carbocycles. The topological polar surface area (TPSA) is 30.7 Å². The third-order valence-electron chi connectivity index (χ3n) is 3.75. The molecule has 0 atom stereocenters. The third kappa shape index (κ3) is 2.22. The number of hydrogen-bond donors (Lipinski definition) is 0. The summed E-state index contributed by atoms with van der Waals surface area (Å²) in [6, 6.07) is 10.5. The second-order valence-corrected chi connectivity index (χ2v) is 6.38. The van der Waals surface area contributed by atoms with Crippen molar-refractivity contribution in [1.29, 1.82) is 0 Å². The first-order valence-corrected chi connectivity index (χ1v) is 8.13. The van der Waals surface area contributed by atoms with Crippen molar-refractivity contribution in [3.05, 3.63) is 54.0 Å². The van der Waals surface area contributed by atoms with Gasteiger partial charge in [-0.25, -0.2) is 9.37 Å². The summed E-state index contributed by atoms with van der Waals surface area (Å²) in [5.74, 6) is 0.797. The highest BCUT2D eigenvalue weighted by Gasteiger charge is 2.24. The molecule has 4 rings (SSSR count). The number of aryl methyl sites for hydroxylation is 1. The van der Waals surface area contributed by atoms with E-state index in [0.717, 1.165) is 45.7 Å². The van der Waals surface area contributed by atoms with Crippen molar-refractivity contribution in [2.75, 3.05) is 5.75 Å². The Bertz CT molecular complexity index is 840. The fraction of sp³-hybridized carbons (Fsp3) is 0.176. The number of benzene rings is 1. The monoisotopic (exact) mass is 311 g/mol. The summed E-state index contributed by atoms with van der Waals surface area (Å²) in [7, 11) is 0. The number of rotatable bonds is 2. The van der Waals surface area contributed by atoms with E-state index in [-0.39, 0.29) is 5.82 Å². The minimum atomic E-state index is -0.236. The number of aromatic nitrogens is 3. The molecule has 1 aliphatic rings. The summed E-state index contributed by atoms with van der Waals surface area (Å²) in [6.07, 6.45) is 1.82. The molecular weight excluding hydrogens is 297 g/mol. The predicted molar refractivity (Wildman–Crippen MR) is 86.3 cm³/mol. The Hall–Kier alpha value is -2.14. The van der Waals surface area contributed by atoms with Gasteiger partial charge in [0.1, 0.15) is 5.82 Å². The van der Waals surface area contributed by atoms with Gasteiger partial charge < -0.3 is 4.57 Å². The zero-order chi connectivity index (χ0) is 15.1. The van der Waals surface area contributed by atoms with Crippen LogP contribution in [0.15, 0.2) is 47.8 Å². The Morgan fingerprint density at radius 1 is 1.18 bits per heavy atom. The van der Waals surface area contributed by atoms with Crippen LogP contribution in [0.2, 0.25) is 0 Å². The molecule has 1 aromatic carbocycles. The fourth-order valence-corrected chi connectivity index (χ4v) is 3.66. The van der Waals surface area contributed by atoms with Crippen molar-refractivity contribution in [3.8, 4) is 22.6 Å². The lowest BCUT2D eigenvalue weighted by Gasteiger charge is -2.08. The van der Waals surface area contributed by atoms with Gasteiger partial charge in [0.15, 0.2) is 5.16 Å². The summed E-state index contributed by atoms with van der Waals surface area (Å²) in [4.78, 5) is 9.28. The van der Waals surface area contributed by atoms with Crippen molar-refractivity contribution >= 4 is 11.8 Å². The van der Waals surface area contributed by atoms with E-state index in [1.54, 1.807) is 23.9 Å². The van der Waals surface area contributed by atoms with Crippen LogP contribution >= 0.6 is 11.8 Å². The van der Waals surface area contributed by atoms with Crippen LogP contribution in [0, 0.1) is 12.7 Å². The molecule has 1 aliphatic heterocycles. The molecule has 0 saturated heterocycles. The van der Waals surface area contributed by atoms with E-state index in [0.29, 0.717) is 0 Å². The molecule has 0 aliphatic carbocycles. The summed E-state index contributed by atoms with van der Waals surface area (Å²) >= 11 is 1.75. The number of thioether (sulfide) groups is 1. The maximum Gasteiger partial charge on any atom is 0.169 e. The quantitative estimate of drug-likeness (QED) is 0.712. The molecule has 22 heavy (non-hydrogen) atoms. The van der Waals surface area contributed by atoms with Gasteiger partial charge in [-0.05, 0) is 48.9 Å². The number of pyridine rings is 1. The number of fused-ring (bicyclic) bond motifs is 1. The standard InChI is InChI=1S/C17H14FN3S/c1-11-6-7-19-14(10-11)16-15(12-2-4-13(18)5-3-12)20-17-21(16)8-9-22-17/h2-7,10H,8-9H2,1H3. The first-order valence-electron chi connectivity index (χ1n) is 7.14. The van der Waals surface area contributed by atoms with Crippen LogP contribution in [0.5, 0.6) is 0 Å². The van der Waals surface area contributed by atoms with Crippen molar-refractivity contribution in [1.82, 2.24) is 14.5 Å². The van der Waals surface area contributed by atoms with E-state index < -0.39 is 0 Å². The zero-order valence-electron chi connectivity index (χ0n) is 12.1. The summed E-state index contributed by atoms with van der Waals surface area (Å²) in [5.41, 5.74) is 4.90. The van der Waals surface area contributed by atoms with E-state index in [4.69, 9.17) is 4.98 Å². The lowest BCUT2D eigenvalue weighted by atomic mass is 10.1. The number of nitrogens with zero attached hydrogens (tertiary/aromatic N) is 3. The molecule has 3 heterocycles. The minimum absolute atomic E-state index is 0.236. The Balaban J connectivity index is 1.94. The Labute approximate surface area is 132 Å². The van der Waals surface area contributed by atoms with Crippen molar-refractivity contribution < 1.29 is 4.39 Å². The first kappa shape index (κ1) is 13.5. The SMILES string of the molecule is Cc1ccnc(-c2c(-c3ccc(F)cc3)nc3n2CCS3)c1. The van der Waals surface area contributed by atoms with Crippen LogP contribution in [0.4, 0.5) is 4.39 Å². The van der Waals surface area contributed by atoms with Crippen molar-refractivity contribution in [2.45, 2.75) is 18.6 Å². The molecular formula is C17H14FN3S. The molecule has 5 heteroatoms. The second-order valence-electron chi connectivity index (χ2n) is 5.32. The molecule has 110 valence electrons. The maximum atomic E-state index is 13.2. The molecule has 0 radical (unpaired) electrons.